The first-order valence-corrected chi connectivity index (χ1v) is 14.1. The summed E-state index contributed by atoms with van der Waals surface area (Å²) in [6.45, 7) is 4.87. The molecule has 1 aliphatic heterocycles. The van der Waals surface area contributed by atoms with Gasteiger partial charge in [-0.3, -0.25) is 4.79 Å². The van der Waals surface area contributed by atoms with Crippen molar-refractivity contribution in [3.05, 3.63) is 94.0 Å². The normalized spacial score (nSPS) is 15.6. The maximum atomic E-state index is 13.4. The first-order chi connectivity index (χ1) is 17.7. The Kier molecular flexibility index (Phi) is 8.69. The zero-order valence-corrected chi connectivity index (χ0v) is 22.3. The minimum absolute atomic E-state index is 0.0651. The van der Waals surface area contributed by atoms with E-state index in [1.807, 2.05) is 0 Å². The van der Waals surface area contributed by atoms with Crippen molar-refractivity contribution in [3.63, 3.8) is 0 Å². The molecule has 0 bridgehead atoms. The van der Waals surface area contributed by atoms with Crippen LogP contribution in [0.1, 0.15) is 34.5 Å². The lowest BCUT2D eigenvalue weighted by Crippen LogP contribution is -2.32. The number of halogens is 3. The first-order valence-electron chi connectivity index (χ1n) is 11.7. The molecule has 0 saturated carbocycles. The Morgan fingerprint density at radius 3 is 2.65 bits per heavy atom. The summed E-state index contributed by atoms with van der Waals surface area (Å²) in [5.74, 6) is -1.15. The summed E-state index contributed by atoms with van der Waals surface area (Å²) in [5, 5.41) is 0.488. The van der Waals surface area contributed by atoms with E-state index in [2.05, 4.69) is 11.6 Å². The fourth-order valence-corrected chi connectivity index (χ4v) is 6.21. The Morgan fingerprint density at radius 2 is 2.00 bits per heavy atom. The highest BCUT2D eigenvalue weighted by molar-refractivity contribution is 7.90. The Labute approximate surface area is 225 Å². The number of rotatable bonds is 10. The van der Waals surface area contributed by atoms with Crippen molar-refractivity contribution in [2.45, 2.75) is 42.9 Å². The number of sulfone groups is 1. The van der Waals surface area contributed by atoms with Crippen LogP contribution in [0.25, 0.3) is 0 Å². The van der Waals surface area contributed by atoms with E-state index in [0.29, 0.717) is 22.9 Å². The van der Waals surface area contributed by atoms with Crippen LogP contribution in [0, 0.1) is 5.82 Å². The third-order valence-electron chi connectivity index (χ3n) is 6.01. The number of hydrogen-bond acceptors (Lipinski definition) is 5. The second-order valence-corrected chi connectivity index (χ2v) is 11.5. The quantitative estimate of drug-likeness (QED) is 0.311. The van der Waals surface area contributed by atoms with Gasteiger partial charge >= 0.3 is 0 Å². The average Bonchev–Trinajstić information content (AvgIpc) is 3.51. The van der Waals surface area contributed by atoms with E-state index in [1.165, 1.54) is 41.4 Å². The van der Waals surface area contributed by atoms with E-state index in [4.69, 9.17) is 27.9 Å². The predicted molar refractivity (Wildman–Crippen MR) is 140 cm³/mol. The number of carbonyl (C=O) groups excluding carboxylic acids is 1. The van der Waals surface area contributed by atoms with Crippen LogP contribution in [0.4, 0.5) is 4.39 Å². The standard InChI is InChI=1S/C26H26Cl2FN3O4S/c1-2-11-31(25(33)23-10-7-19(27)13-24(23)28)15-21-14-30-26(32(21)16-22-4-3-12-36-22)37(34,35)17-18-5-8-20(29)9-6-18/h2,5-10,13-14,22H,1,3-4,11-12,15-17H2/t22-/m1/s1. The van der Waals surface area contributed by atoms with Crippen molar-refractivity contribution in [1.82, 2.24) is 14.5 Å². The lowest BCUT2D eigenvalue weighted by Gasteiger charge is -2.23. The minimum Gasteiger partial charge on any atom is -0.376 e. The Bertz CT molecular complexity index is 1390. The molecule has 196 valence electrons. The number of carbonyl (C=O) groups is 1. The molecule has 1 amide bonds. The van der Waals surface area contributed by atoms with Gasteiger partial charge < -0.3 is 14.2 Å². The third-order valence-corrected chi connectivity index (χ3v) is 8.15. The SMILES string of the molecule is C=CCN(Cc1cnc(S(=O)(=O)Cc2ccc(F)cc2)n1C[C@H]1CCCO1)C(=O)c1ccc(Cl)cc1Cl. The van der Waals surface area contributed by atoms with Crippen LogP contribution in [0.2, 0.25) is 10.0 Å². The molecule has 0 unspecified atom stereocenters. The van der Waals surface area contributed by atoms with Crippen LogP contribution in [0.3, 0.4) is 0 Å². The van der Waals surface area contributed by atoms with Gasteiger partial charge in [0.15, 0.2) is 0 Å². The highest BCUT2D eigenvalue weighted by atomic mass is 35.5. The monoisotopic (exact) mass is 565 g/mol. The maximum absolute atomic E-state index is 13.4. The van der Waals surface area contributed by atoms with Crippen molar-refractivity contribution in [3.8, 4) is 0 Å². The first kappa shape index (κ1) is 27.3. The Hall–Kier alpha value is -2.72. The number of nitrogens with zero attached hydrogens (tertiary/aromatic N) is 3. The zero-order chi connectivity index (χ0) is 26.6. The molecule has 7 nitrogen and oxygen atoms in total. The van der Waals surface area contributed by atoms with E-state index in [1.54, 1.807) is 22.8 Å². The van der Waals surface area contributed by atoms with Gasteiger partial charge in [0.05, 0.1) is 47.4 Å². The molecule has 37 heavy (non-hydrogen) atoms. The molecule has 1 aromatic heterocycles. The minimum atomic E-state index is -3.90. The van der Waals surface area contributed by atoms with Crippen LogP contribution in [-0.4, -0.2) is 48.0 Å². The summed E-state index contributed by atoms with van der Waals surface area (Å²) in [7, 11) is -3.90. The topological polar surface area (TPSA) is 81.5 Å². The lowest BCUT2D eigenvalue weighted by molar-refractivity contribution is 0.0751. The summed E-state index contributed by atoms with van der Waals surface area (Å²) in [6.07, 6.45) is 4.52. The summed E-state index contributed by atoms with van der Waals surface area (Å²) in [5.41, 5.74) is 1.23. The van der Waals surface area contributed by atoms with E-state index < -0.39 is 15.7 Å². The Morgan fingerprint density at radius 1 is 1.24 bits per heavy atom. The van der Waals surface area contributed by atoms with Crippen molar-refractivity contribution in [2.75, 3.05) is 13.2 Å². The van der Waals surface area contributed by atoms with Crippen molar-refractivity contribution in [2.24, 2.45) is 0 Å². The van der Waals surface area contributed by atoms with Gasteiger partial charge in [0.1, 0.15) is 5.82 Å². The lowest BCUT2D eigenvalue weighted by atomic mass is 10.2. The second kappa shape index (κ2) is 11.8. The van der Waals surface area contributed by atoms with E-state index >= 15 is 0 Å². The number of imidazole rings is 1. The maximum Gasteiger partial charge on any atom is 0.256 e. The van der Waals surface area contributed by atoms with Gasteiger partial charge in [-0.15, -0.1) is 6.58 Å². The molecule has 3 aromatic rings. The third kappa shape index (κ3) is 6.59. The number of amides is 1. The Balaban J connectivity index is 1.67. The molecule has 0 N–H and O–H groups in total. The molecule has 1 aliphatic rings. The van der Waals surface area contributed by atoms with Crippen molar-refractivity contribution in [1.29, 1.82) is 0 Å². The van der Waals surface area contributed by atoms with Crippen LogP contribution in [-0.2, 0) is 33.4 Å². The molecule has 1 atom stereocenters. The molecule has 2 aromatic carbocycles. The molecule has 4 rings (SSSR count). The van der Waals surface area contributed by atoms with Gasteiger partial charge in [-0.05, 0) is 48.7 Å². The smallest absolute Gasteiger partial charge is 0.256 e. The van der Waals surface area contributed by atoms with Gasteiger partial charge in [-0.2, -0.15) is 0 Å². The fourth-order valence-electron chi connectivity index (χ4n) is 4.22. The van der Waals surface area contributed by atoms with E-state index in [9.17, 15) is 17.6 Å². The molecular formula is C26H26Cl2FN3O4S. The number of aromatic nitrogens is 2. The van der Waals surface area contributed by atoms with Gasteiger partial charge in [0.2, 0.25) is 15.0 Å². The summed E-state index contributed by atoms with van der Waals surface area (Å²) in [4.78, 5) is 19.1. The average molecular weight is 566 g/mol. The fraction of sp³-hybridized carbons (Fsp3) is 0.308. The zero-order valence-electron chi connectivity index (χ0n) is 19.9. The van der Waals surface area contributed by atoms with Crippen molar-refractivity contribution >= 4 is 38.9 Å². The molecule has 1 fully saturated rings. The summed E-state index contributed by atoms with van der Waals surface area (Å²) < 4.78 is 47.5. The summed E-state index contributed by atoms with van der Waals surface area (Å²) >= 11 is 12.3. The van der Waals surface area contributed by atoms with Crippen LogP contribution in [0.5, 0.6) is 0 Å². The molecule has 0 aliphatic carbocycles. The van der Waals surface area contributed by atoms with Crippen LogP contribution >= 0.6 is 23.2 Å². The van der Waals surface area contributed by atoms with Crippen LogP contribution in [0.15, 0.2) is 66.5 Å². The van der Waals surface area contributed by atoms with Gasteiger partial charge in [0.25, 0.3) is 5.91 Å². The number of hydrogen-bond donors (Lipinski definition) is 0. The van der Waals surface area contributed by atoms with Gasteiger partial charge in [-0.25, -0.2) is 17.8 Å². The second-order valence-electron chi connectivity index (χ2n) is 8.76. The van der Waals surface area contributed by atoms with Crippen molar-refractivity contribution < 1.29 is 22.3 Å². The van der Waals surface area contributed by atoms with Gasteiger partial charge in [0, 0.05) is 18.2 Å². The summed E-state index contributed by atoms with van der Waals surface area (Å²) in [6, 6.07) is 9.92. The molecule has 0 spiro atoms. The van der Waals surface area contributed by atoms with E-state index in [0.717, 1.165) is 12.8 Å². The predicted octanol–water partition coefficient (Wildman–Crippen LogP) is 5.31. The molecular weight excluding hydrogens is 540 g/mol. The molecule has 1 saturated heterocycles. The van der Waals surface area contributed by atoms with Gasteiger partial charge in [-0.1, -0.05) is 41.4 Å². The molecule has 0 radical (unpaired) electrons. The van der Waals surface area contributed by atoms with Crippen LogP contribution < -0.4 is 0 Å². The number of ether oxygens (including phenoxy) is 1. The number of benzene rings is 2. The largest absolute Gasteiger partial charge is 0.376 e. The molecule has 11 heteroatoms. The highest BCUT2D eigenvalue weighted by Crippen LogP contribution is 2.25. The highest BCUT2D eigenvalue weighted by Gasteiger charge is 2.28. The van der Waals surface area contributed by atoms with E-state index in [-0.39, 0.29) is 53.1 Å². The molecule has 2 heterocycles.